The lowest BCUT2D eigenvalue weighted by Gasteiger charge is -2.11. The first kappa shape index (κ1) is 20.0. The Kier molecular flexibility index (Phi) is 6.52. The summed E-state index contributed by atoms with van der Waals surface area (Å²) in [6.45, 7) is 4.00. The van der Waals surface area contributed by atoms with E-state index in [2.05, 4.69) is 16.0 Å². The van der Waals surface area contributed by atoms with Crippen LogP contribution >= 0.6 is 0 Å². The molecular formula is C22H23N3O4. The number of carbonyl (C=O) groups excluding carboxylic acids is 2. The largest absolute Gasteiger partial charge is 0.491 e. The fourth-order valence-electron chi connectivity index (χ4n) is 2.58. The van der Waals surface area contributed by atoms with Crippen LogP contribution in [0.3, 0.4) is 0 Å². The average molecular weight is 393 g/mol. The first-order valence-electron chi connectivity index (χ1n) is 9.25. The van der Waals surface area contributed by atoms with Gasteiger partial charge in [0.05, 0.1) is 18.9 Å². The zero-order valence-corrected chi connectivity index (χ0v) is 16.3. The predicted octanol–water partition coefficient (Wildman–Crippen LogP) is 4.37. The van der Waals surface area contributed by atoms with Crippen molar-refractivity contribution in [3.63, 3.8) is 0 Å². The van der Waals surface area contributed by atoms with Gasteiger partial charge in [-0.1, -0.05) is 6.07 Å². The second-order valence-electron chi connectivity index (χ2n) is 6.60. The SMILES string of the molecule is CC(C)Oc1ccc(NC(=O)CNc2cccc(NC(=O)c3ccco3)c2)cc1. The topological polar surface area (TPSA) is 92.6 Å². The Morgan fingerprint density at radius 3 is 2.38 bits per heavy atom. The van der Waals surface area contributed by atoms with Gasteiger partial charge in [-0.2, -0.15) is 0 Å². The van der Waals surface area contributed by atoms with E-state index in [-0.39, 0.29) is 30.2 Å². The summed E-state index contributed by atoms with van der Waals surface area (Å²) >= 11 is 0. The van der Waals surface area contributed by atoms with Crippen molar-refractivity contribution in [1.82, 2.24) is 0 Å². The molecule has 0 bridgehead atoms. The first-order valence-corrected chi connectivity index (χ1v) is 9.25. The summed E-state index contributed by atoms with van der Waals surface area (Å²) in [6, 6.07) is 17.5. The summed E-state index contributed by atoms with van der Waals surface area (Å²) < 4.78 is 10.7. The van der Waals surface area contributed by atoms with Gasteiger partial charge in [-0.05, 0) is 68.4 Å². The van der Waals surface area contributed by atoms with Crippen LogP contribution in [0, 0.1) is 0 Å². The van der Waals surface area contributed by atoms with Gasteiger partial charge in [0.1, 0.15) is 5.75 Å². The van der Waals surface area contributed by atoms with Gasteiger partial charge in [-0.3, -0.25) is 9.59 Å². The van der Waals surface area contributed by atoms with E-state index in [1.165, 1.54) is 6.26 Å². The minimum Gasteiger partial charge on any atom is -0.491 e. The van der Waals surface area contributed by atoms with E-state index in [4.69, 9.17) is 9.15 Å². The van der Waals surface area contributed by atoms with E-state index >= 15 is 0 Å². The third kappa shape index (κ3) is 6.14. The Bertz CT molecular complexity index is 950. The summed E-state index contributed by atoms with van der Waals surface area (Å²) in [5.41, 5.74) is 1.99. The summed E-state index contributed by atoms with van der Waals surface area (Å²) in [5.74, 6) is 0.458. The second-order valence-corrected chi connectivity index (χ2v) is 6.60. The zero-order valence-electron chi connectivity index (χ0n) is 16.3. The first-order chi connectivity index (χ1) is 14.0. The summed E-state index contributed by atoms with van der Waals surface area (Å²) in [5, 5.41) is 8.60. The molecule has 0 saturated heterocycles. The van der Waals surface area contributed by atoms with Gasteiger partial charge in [0.25, 0.3) is 5.91 Å². The lowest BCUT2D eigenvalue weighted by atomic mass is 10.2. The monoisotopic (exact) mass is 393 g/mol. The molecule has 0 radical (unpaired) electrons. The molecule has 3 aromatic rings. The molecule has 29 heavy (non-hydrogen) atoms. The molecule has 0 saturated carbocycles. The van der Waals surface area contributed by atoms with Gasteiger partial charge in [-0.25, -0.2) is 0 Å². The molecular weight excluding hydrogens is 370 g/mol. The molecule has 1 aromatic heterocycles. The molecule has 0 aliphatic rings. The molecule has 0 aliphatic carbocycles. The quantitative estimate of drug-likeness (QED) is 0.528. The third-order valence-electron chi connectivity index (χ3n) is 3.83. The zero-order chi connectivity index (χ0) is 20.6. The molecule has 3 rings (SSSR count). The molecule has 7 nitrogen and oxygen atoms in total. The maximum absolute atomic E-state index is 12.2. The van der Waals surface area contributed by atoms with E-state index in [0.29, 0.717) is 17.1 Å². The highest BCUT2D eigenvalue weighted by Crippen LogP contribution is 2.18. The molecule has 3 N–H and O–H groups in total. The fraction of sp³-hybridized carbons (Fsp3) is 0.182. The van der Waals surface area contributed by atoms with E-state index in [0.717, 1.165) is 5.75 Å². The van der Waals surface area contributed by atoms with Crippen LogP contribution in [-0.2, 0) is 4.79 Å². The van der Waals surface area contributed by atoms with Gasteiger partial charge in [0.15, 0.2) is 5.76 Å². The van der Waals surface area contributed by atoms with Gasteiger partial charge in [0, 0.05) is 17.1 Å². The van der Waals surface area contributed by atoms with Crippen molar-refractivity contribution < 1.29 is 18.7 Å². The summed E-state index contributed by atoms with van der Waals surface area (Å²) in [7, 11) is 0. The van der Waals surface area contributed by atoms with Crippen LogP contribution in [0.5, 0.6) is 5.75 Å². The van der Waals surface area contributed by atoms with Crippen LogP contribution in [0.15, 0.2) is 71.3 Å². The Balaban J connectivity index is 1.50. The van der Waals surface area contributed by atoms with E-state index in [9.17, 15) is 9.59 Å². The minimum atomic E-state index is -0.338. The van der Waals surface area contributed by atoms with Crippen molar-refractivity contribution in [2.45, 2.75) is 20.0 Å². The number of hydrogen-bond donors (Lipinski definition) is 3. The molecule has 2 aromatic carbocycles. The highest BCUT2D eigenvalue weighted by molar-refractivity contribution is 6.02. The average Bonchev–Trinajstić information content (AvgIpc) is 3.23. The van der Waals surface area contributed by atoms with E-state index in [1.807, 2.05) is 32.0 Å². The van der Waals surface area contributed by atoms with E-state index in [1.54, 1.807) is 42.5 Å². The predicted molar refractivity (Wildman–Crippen MR) is 112 cm³/mol. The number of ether oxygens (including phenoxy) is 1. The smallest absolute Gasteiger partial charge is 0.291 e. The van der Waals surface area contributed by atoms with Gasteiger partial charge in [0.2, 0.25) is 5.91 Å². The van der Waals surface area contributed by atoms with E-state index < -0.39 is 0 Å². The van der Waals surface area contributed by atoms with Crippen molar-refractivity contribution in [1.29, 1.82) is 0 Å². The normalized spacial score (nSPS) is 10.4. The lowest BCUT2D eigenvalue weighted by molar-refractivity contribution is -0.114. The van der Waals surface area contributed by atoms with Crippen molar-refractivity contribution in [3.8, 4) is 5.75 Å². The number of hydrogen-bond acceptors (Lipinski definition) is 5. The van der Waals surface area contributed by atoms with Gasteiger partial charge >= 0.3 is 0 Å². The van der Waals surface area contributed by atoms with Crippen LogP contribution in [0.4, 0.5) is 17.1 Å². The van der Waals surface area contributed by atoms with Gasteiger partial charge < -0.3 is 25.1 Å². The molecule has 0 atom stereocenters. The van der Waals surface area contributed by atoms with Crippen LogP contribution in [0.1, 0.15) is 24.4 Å². The number of nitrogens with one attached hydrogen (secondary N) is 3. The summed E-state index contributed by atoms with van der Waals surface area (Å²) in [6.07, 6.45) is 1.54. The van der Waals surface area contributed by atoms with Crippen LogP contribution in [0.2, 0.25) is 0 Å². The molecule has 0 aliphatic heterocycles. The maximum atomic E-state index is 12.2. The highest BCUT2D eigenvalue weighted by atomic mass is 16.5. The Morgan fingerprint density at radius 1 is 0.931 bits per heavy atom. The molecule has 0 fully saturated rings. The van der Waals surface area contributed by atoms with Crippen LogP contribution in [-0.4, -0.2) is 24.5 Å². The van der Waals surface area contributed by atoms with Gasteiger partial charge in [-0.15, -0.1) is 0 Å². The summed E-state index contributed by atoms with van der Waals surface area (Å²) in [4.78, 5) is 24.2. The molecule has 2 amide bonds. The van der Waals surface area contributed by atoms with Crippen molar-refractivity contribution in [2.24, 2.45) is 0 Å². The minimum absolute atomic E-state index is 0.0832. The Labute approximate surface area is 169 Å². The number of benzene rings is 2. The Morgan fingerprint density at radius 2 is 1.69 bits per heavy atom. The number of anilines is 3. The highest BCUT2D eigenvalue weighted by Gasteiger charge is 2.09. The number of amides is 2. The standard InChI is InChI=1S/C22H23N3O4/c1-15(2)29-19-10-8-16(9-11-19)24-21(26)14-23-17-5-3-6-18(13-17)25-22(27)20-7-4-12-28-20/h3-13,15,23H,14H2,1-2H3,(H,24,26)(H,25,27). The van der Waals surface area contributed by atoms with Crippen LogP contribution < -0.4 is 20.7 Å². The van der Waals surface area contributed by atoms with Crippen LogP contribution in [0.25, 0.3) is 0 Å². The molecule has 1 heterocycles. The number of rotatable bonds is 8. The number of carbonyl (C=O) groups is 2. The van der Waals surface area contributed by atoms with Crippen molar-refractivity contribution in [3.05, 3.63) is 72.7 Å². The molecule has 0 unspecified atom stereocenters. The second kappa shape index (κ2) is 9.45. The third-order valence-corrected chi connectivity index (χ3v) is 3.83. The lowest BCUT2D eigenvalue weighted by Crippen LogP contribution is -2.21. The van der Waals surface area contributed by atoms with Crippen molar-refractivity contribution in [2.75, 3.05) is 22.5 Å². The van der Waals surface area contributed by atoms with Crippen molar-refractivity contribution >= 4 is 28.9 Å². The molecule has 150 valence electrons. The maximum Gasteiger partial charge on any atom is 0.291 e. The molecule has 7 heteroatoms. The Hall–Kier alpha value is -3.74. The molecule has 0 spiro atoms. The number of furan rings is 1. The fourth-order valence-corrected chi connectivity index (χ4v) is 2.58.